The standard InChI is InChI=1S/C20H20F3N3OS/c1-2-3-6-11-27-18-9-8-14(12-15(18)20(21,22)23)25-19-26-17(13-28-19)16-7-4-5-10-24-16/h4-5,7-10,12-13H,2-3,6,11H2,1H3,(H,25,26). The third kappa shape index (κ3) is 5.22. The number of benzene rings is 1. The van der Waals surface area contributed by atoms with Crippen molar-refractivity contribution < 1.29 is 17.9 Å². The average molecular weight is 407 g/mol. The molecule has 3 aromatic rings. The Labute approximate surface area is 165 Å². The number of nitrogens with one attached hydrogen (secondary N) is 1. The highest BCUT2D eigenvalue weighted by Crippen LogP contribution is 2.39. The maximum atomic E-state index is 13.4. The van der Waals surface area contributed by atoms with Gasteiger partial charge in [0, 0.05) is 17.3 Å². The molecule has 1 aromatic carbocycles. The van der Waals surface area contributed by atoms with E-state index in [9.17, 15) is 13.2 Å². The van der Waals surface area contributed by atoms with E-state index in [1.165, 1.54) is 17.4 Å². The smallest absolute Gasteiger partial charge is 0.420 e. The summed E-state index contributed by atoms with van der Waals surface area (Å²) in [7, 11) is 0. The molecule has 0 saturated carbocycles. The van der Waals surface area contributed by atoms with Gasteiger partial charge in [-0.3, -0.25) is 4.98 Å². The first-order valence-corrected chi connectivity index (χ1v) is 9.83. The van der Waals surface area contributed by atoms with Crippen LogP contribution in [0.2, 0.25) is 0 Å². The van der Waals surface area contributed by atoms with E-state index in [1.807, 2.05) is 19.1 Å². The summed E-state index contributed by atoms with van der Waals surface area (Å²) in [5, 5.41) is 5.23. The lowest BCUT2D eigenvalue weighted by Gasteiger charge is -2.15. The number of hydrogen-bond acceptors (Lipinski definition) is 5. The Hall–Kier alpha value is -2.61. The number of thiazole rings is 1. The molecule has 0 unspecified atom stereocenters. The molecular formula is C20H20F3N3OS. The molecule has 148 valence electrons. The number of aromatic nitrogens is 2. The number of alkyl halides is 3. The van der Waals surface area contributed by atoms with Crippen LogP contribution in [0.5, 0.6) is 5.75 Å². The van der Waals surface area contributed by atoms with Crippen molar-refractivity contribution >= 4 is 22.2 Å². The van der Waals surface area contributed by atoms with Crippen molar-refractivity contribution in [1.29, 1.82) is 0 Å². The van der Waals surface area contributed by atoms with Crippen LogP contribution in [0.25, 0.3) is 11.4 Å². The molecule has 3 rings (SSSR count). The van der Waals surface area contributed by atoms with Crippen molar-refractivity contribution in [2.75, 3.05) is 11.9 Å². The molecule has 0 aliphatic heterocycles. The van der Waals surface area contributed by atoms with Crippen LogP contribution in [0.1, 0.15) is 31.7 Å². The van der Waals surface area contributed by atoms with E-state index in [4.69, 9.17) is 4.74 Å². The lowest BCUT2D eigenvalue weighted by molar-refractivity contribution is -0.138. The molecule has 0 aliphatic rings. The topological polar surface area (TPSA) is 47.0 Å². The van der Waals surface area contributed by atoms with Crippen LogP contribution >= 0.6 is 11.3 Å². The monoisotopic (exact) mass is 407 g/mol. The fraction of sp³-hybridized carbons (Fsp3) is 0.300. The van der Waals surface area contributed by atoms with Gasteiger partial charge in [-0.05, 0) is 36.8 Å². The predicted molar refractivity (Wildman–Crippen MR) is 105 cm³/mol. The highest BCUT2D eigenvalue weighted by molar-refractivity contribution is 7.14. The lowest BCUT2D eigenvalue weighted by Crippen LogP contribution is -2.10. The van der Waals surface area contributed by atoms with Gasteiger partial charge in [-0.2, -0.15) is 13.2 Å². The minimum absolute atomic E-state index is 0.150. The summed E-state index contributed by atoms with van der Waals surface area (Å²) in [6.45, 7) is 2.29. The first kappa shape index (κ1) is 20.1. The predicted octanol–water partition coefficient (Wildman–Crippen LogP) is 6.54. The molecule has 4 nitrogen and oxygen atoms in total. The molecule has 8 heteroatoms. The summed E-state index contributed by atoms with van der Waals surface area (Å²) >= 11 is 1.30. The third-order valence-electron chi connectivity index (χ3n) is 3.97. The first-order valence-electron chi connectivity index (χ1n) is 8.95. The van der Waals surface area contributed by atoms with E-state index in [0.717, 1.165) is 25.3 Å². The van der Waals surface area contributed by atoms with E-state index < -0.39 is 11.7 Å². The van der Waals surface area contributed by atoms with Crippen LogP contribution in [0.15, 0.2) is 48.0 Å². The van der Waals surface area contributed by atoms with E-state index in [1.54, 1.807) is 23.7 Å². The number of hydrogen-bond donors (Lipinski definition) is 1. The van der Waals surface area contributed by atoms with Crippen LogP contribution < -0.4 is 10.1 Å². The molecule has 0 radical (unpaired) electrons. The minimum Gasteiger partial charge on any atom is -0.493 e. The highest BCUT2D eigenvalue weighted by atomic mass is 32.1. The molecule has 0 fully saturated rings. The SMILES string of the molecule is CCCCCOc1ccc(Nc2nc(-c3ccccn3)cs2)cc1C(F)(F)F. The zero-order valence-corrected chi connectivity index (χ0v) is 16.1. The van der Waals surface area contributed by atoms with Crippen molar-refractivity contribution in [2.45, 2.75) is 32.4 Å². The van der Waals surface area contributed by atoms with E-state index in [0.29, 0.717) is 22.2 Å². The van der Waals surface area contributed by atoms with Crippen LogP contribution in [0, 0.1) is 0 Å². The van der Waals surface area contributed by atoms with E-state index >= 15 is 0 Å². The lowest BCUT2D eigenvalue weighted by atomic mass is 10.1. The van der Waals surface area contributed by atoms with Crippen molar-refractivity contribution in [3.05, 3.63) is 53.5 Å². The maximum absolute atomic E-state index is 13.4. The second-order valence-corrected chi connectivity index (χ2v) is 7.00. The largest absolute Gasteiger partial charge is 0.493 e. The number of pyridine rings is 1. The van der Waals surface area contributed by atoms with Gasteiger partial charge >= 0.3 is 6.18 Å². The summed E-state index contributed by atoms with van der Waals surface area (Å²) in [5.41, 5.74) is 0.879. The fourth-order valence-electron chi connectivity index (χ4n) is 2.58. The summed E-state index contributed by atoms with van der Waals surface area (Å²) in [4.78, 5) is 8.61. The van der Waals surface area contributed by atoms with Gasteiger partial charge < -0.3 is 10.1 Å². The van der Waals surface area contributed by atoms with E-state index in [-0.39, 0.29) is 12.4 Å². The summed E-state index contributed by atoms with van der Waals surface area (Å²) < 4.78 is 45.7. The van der Waals surface area contributed by atoms with Gasteiger partial charge in [-0.15, -0.1) is 11.3 Å². The Morgan fingerprint density at radius 1 is 1.11 bits per heavy atom. The van der Waals surface area contributed by atoms with Crippen molar-refractivity contribution in [3.63, 3.8) is 0 Å². The van der Waals surface area contributed by atoms with Crippen molar-refractivity contribution in [1.82, 2.24) is 9.97 Å². The summed E-state index contributed by atoms with van der Waals surface area (Å²) in [6, 6.07) is 9.45. The highest BCUT2D eigenvalue weighted by Gasteiger charge is 2.34. The Morgan fingerprint density at radius 3 is 2.68 bits per heavy atom. The van der Waals surface area contributed by atoms with Gasteiger partial charge in [0.15, 0.2) is 5.13 Å². The van der Waals surface area contributed by atoms with Gasteiger partial charge in [0.2, 0.25) is 0 Å². The zero-order chi connectivity index (χ0) is 20.0. The molecule has 0 spiro atoms. The van der Waals surface area contributed by atoms with Crippen LogP contribution in [0.3, 0.4) is 0 Å². The normalized spacial score (nSPS) is 11.4. The van der Waals surface area contributed by atoms with Gasteiger partial charge in [0.05, 0.1) is 17.9 Å². The Bertz CT molecular complexity index is 897. The first-order chi connectivity index (χ1) is 13.5. The quantitative estimate of drug-likeness (QED) is 0.431. The fourth-order valence-corrected chi connectivity index (χ4v) is 3.30. The summed E-state index contributed by atoms with van der Waals surface area (Å²) in [6.07, 6.45) is -0.212. The maximum Gasteiger partial charge on any atom is 0.420 e. The van der Waals surface area contributed by atoms with Crippen molar-refractivity contribution in [3.8, 4) is 17.1 Å². The molecule has 0 amide bonds. The van der Waals surface area contributed by atoms with Crippen molar-refractivity contribution in [2.24, 2.45) is 0 Å². The number of rotatable bonds is 8. The van der Waals surface area contributed by atoms with Gasteiger partial charge in [0.25, 0.3) is 0 Å². The van der Waals surface area contributed by atoms with Gasteiger partial charge in [-0.1, -0.05) is 25.8 Å². The third-order valence-corrected chi connectivity index (χ3v) is 4.73. The van der Waals surface area contributed by atoms with E-state index in [2.05, 4.69) is 15.3 Å². The number of nitrogens with zero attached hydrogens (tertiary/aromatic N) is 2. The molecule has 0 saturated heterocycles. The number of anilines is 2. The minimum atomic E-state index is -4.50. The molecule has 0 aliphatic carbocycles. The number of ether oxygens (including phenoxy) is 1. The average Bonchev–Trinajstić information content (AvgIpc) is 3.14. The van der Waals surface area contributed by atoms with Crippen LogP contribution in [-0.2, 0) is 6.18 Å². The summed E-state index contributed by atoms with van der Waals surface area (Å²) in [5.74, 6) is -0.150. The molecular weight excluding hydrogens is 387 g/mol. The Kier molecular flexibility index (Phi) is 6.51. The molecule has 2 heterocycles. The molecule has 28 heavy (non-hydrogen) atoms. The molecule has 2 aromatic heterocycles. The molecule has 1 N–H and O–H groups in total. The number of unbranched alkanes of at least 4 members (excludes halogenated alkanes) is 2. The van der Waals surface area contributed by atoms with Crippen LogP contribution in [-0.4, -0.2) is 16.6 Å². The second-order valence-electron chi connectivity index (χ2n) is 6.14. The molecule has 0 atom stereocenters. The second kappa shape index (κ2) is 9.05. The van der Waals surface area contributed by atoms with Gasteiger partial charge in [0.1, 0.15) is 11.4 Å². The Morgan fingerprint density at radius 2 is 1.96 bits per heavy atom. The zero-order valence-electron chi connectivity index (χ0n) is 15.3. The van der Waals surface area contributed by atoms with Gasteiger partial charge in [-0.25, -0.2) is 4.98 Å². The molecule has 0 bridgehead atoms. The Balaban J connectivity index is 1.76. The number of halogens is 3. The van der Waals surface area contributed by atoms with Crippen LogP contribution in [0.4, 0.5) is 24.0 Å².